The van der Waals surface area contributed by atoms with Crippen LogP contribution in [0, 0.1) is 0 Å². The lowest BCUT2D eigenvalue weighted by atomic mass is 9.96. The van der Waals surface area contributed by atoms with Gasteiger partial charge in [0.1, 0.15) is 5.69 Å². The number of hydrogen-bond donors (Lipinski definition) is 1. The number of alkyl halides is 3. The number of anilines is 1. The summed E-state index contributed by atoms with van der Waals surface area (Å²) < 4.78 is 37.8. The summed E-state index contributed by atoms with van der Waals surface area (Å²) >= 11 is 0. The second-order valence-corrected chi connectivity index (χ2v) is 5.44. The van der Waals surface area contributed by atoms with Crippen LogP contribution in [0.2, 0.25) is 0 Å². The van der Waals surface area contributed by atoms with E-state index in [2.05, 4.69) is 20.2 Å². The van der Waals surface area contributed by atoms with Gasteiger partial charge in [-0.05, 0) is 33.0 Å². The zero-order valence-corrected chi connectivity index (χ0v) is 11.7. The zero-order chi connectivity index (χ0) is 14.8. The minimum Gasteiger partial charge on any atom is -0.352 e. The molecule has 1 saturated carbocycles. The van der Waals surface area contributed by atoms with Crippen LogP contribution < -0.4 is 5.32 Å². The Labute approximate surface area is 116 Å². The van der Waals surface area contributed by atoms with Crippen molar-refractivity contribution in [2.75, 3.05) is 26.0 Å². The summed E-state index contributed by atoms with van der Waals surface area (Å²) in [7, 11) is 4.00. The maximum Gasteiger partial charge on any atom is 0.433 e. The monoisotopic (exact) mass is 288 g/mol. The quantitative estimate of drug-likeness (QED) is 0.925. The van der Waals surface area contributed by atoms with Crippen LogP contribution in [0.3, 0.4) is 0 Å². The Bertz CT molecular complexity index is 453. The van der Waals surface area contributed by atoms with Crippen molar-refractivity contribution < 1.29 is 13.2 Å². The Balaban J connectivity index is 2.07. The minimum atomic E-state index is -4.44. The van der Waals surface area contributed by atoms with Crippen LogP contribution in [0.15, 0.2) is 12.3 Å². The van der Waals surface area contributed by atoms with E-state index in [4.69, 9.17) is 0 Å². The Morgan fingerprint density at radius 3 is 2.50 bits per heavy atom. The van der Waals surface area contributed by atoms with Gasteiger partial charge in [0.05, 0.1) is 0 Å². The summed E-state index contributed by atoms with van der Waals surface area (Å²) in [5, 5.41) is 2.96. The van der Waals surface area contributed by atoms with E-state index in [0.717, 1.165) is 37.9 Å². The van der Waals surface area contributed by atoms with Gasteiger partial charge in [0.15, 0.2) is 0 Å². The average molecular weight is 288 g/mol. The third kappa shape index (κ3) is 3.20. The van der Waals surface area contributed by atoms with E-state index in [1.165, 1.54) is 0 Å². The molecule has 0 unspecified atom stereocenters. The number of hydrogen-bond acceptors (Lipinski definition) is 4. The molecule has 0 amide bonds. The first-order chi connectivity index (χ1) is 9.33. The number of nitrogens with zero attached hydrogens (tertiary/aromatic N) is 3. The van der Waals surface area contributed by atoms with Crippen molar-refractivity contribution in [3.05, 3.63) is 18.0 Å². The molecule has 0 spiro atoms. The maximum atomic E-state index is 12.6. The Kier molecular flexibility index (Phi) is 4.17. The van der Waals surface area contributed by atoms with Gasteiger partial charge in [-0.2, -0.15) is 13.2 Å². The molecular formula is C13H19F3N4. The van der Waals surface area contributed by atoms with Gasteiger partial charge in [-0.25, -0.2) is 9.97 Å². The highest BCUT2D eigenvalue weighted by Gasteiger charge is 2.36. The van der Waals surface area contributed by atoms with Crippen molar-refractivity contribution >= 4 is 5.95 Å². The number of halogens is 3. The van der Waals surface area contributed by atoms with Gasteiger partial charge < -0.3 is 10.2 Å². The Morgan fingerprint density at radius 2 is 1.95 bits per heavy atom. The summed E-state index contributed by atoms with van der Waals surface area (Å²) in [6.45, 7) is 0.557. The predicted molar refractivity (Wildman–Crippen MR) is 70.4 cm³/mol. The molecule has 0 aromatic carbocycles. The van der Waals surface area contributed by atoms with Crippen LogP contribution in [-0.4, -0.2) is 41.0 Å². The highest BCUT2D eigenvalue weighted by Crippen LogP contribution is 2.34. The first kappa shape index (κ1) is 15.0. The standard InChI is InChI=1S/C13H19F3N4/c1-20(2)12(6-3-4-7-12)9-18-11-17-8-5-10(19-11)13(14,15)16/h5,8H,3-4,6-7,9H2,1-2H3,(H,17,18,19). The molecule has 1 aliphatic rings. The number of nitrogens with one attached hydrogen (secondary N) is 1. The SMILES string of the molecule is CN(C)C1(CNc2nccc(C(F)(F)F)n2)CCCC1. The largest absolute Gasteiger partial charge is 0.433 e. The molecule has 2 rings (SSSR count). The lowest BCUT2D eigenvalue weighted by Crippen LogP contribution is -2.47. The molecule has 4 nitrogen and oxygen atoms in total. The van der Waals surface area contributed by atoms with Crippen LogP contribution >= 0.6 is 0 Å². The minimum absolute atomic E-state index is 0.0163. The molecule has 1 N–H and O–H groups in total. The van der Waals surface area contributed by atoms with Crippen LogP contribution in [0.4, 0.5) is 19.1 Å². The predicted octanol–water partition coefficient (Wildman–Crippen LogP) is 2.78. The lowest BCUT2D eigenvalue weighted by molar-refractivity contribution is -0.141. The van der Waals surface area contributed by atoms with Crippen LogP contribution in [0.25, 0.3) is 0 Å². The molecule has 20 heavy (non-hydrogen) atoms. The fraction of sp³-hybridized carbons (Fsp3) is 0.692. The van der Waals surface area contributed by atoms with E-state index in [1.54, 1.807) is 0 Å². The molecule has 1 aromatic rings. The van der Waals surface area contributed by atoms with Gasteiger partial charge in [-0.1, -0.05) is 12.8 Å². The summed E-state index contributed by atoms with van der Waals surface area (Å²) in [6, 6.07) is 0.877. The third-order valence-corrected chi connectivity index (χ3v) is 4.00. The fourth-order valence-electron chi connectivity index (χ4n) is 2.66. The summed E-state index contributed by atoms with van der Waals surface area (Å²) in [4.78, 5) is 9.53. The van der Waals surface area contributed by atoms with Crippen LogP contribution in [0.5, 0.6) is 0 Å². The van der Waals surface area contributed by atoms with Crippen molar-refractivity contribution in [3.63, 3.8) is 0 Å². The average Bonchev–Trinajstić information content (AvgIpc) is 2.86. The van der Waals surface area contributed by atoms with Crippen molar-refractivity contribution in [3.8, 4) is 0 Å². The third-order valence-electron chi connectivity index (χ3n) is 4.00. The van der Waals surface area contributed by atoms with Gasteiger partial charge in [0.2, 0.25) is 5.95 Å². The summed E-state index contributed by atoms with van der Waals surface area (Å²) in [5.74, 6) is 0.0351. The topological polar surface area (TPSA) is 41.0 Å². The van der Waals surface area contributed by atoms with Gasteiger partial charge in [0.25, 0.3) is 0 Å². The maximum absolute atomic E-state index is 12.6. The zero-order valence-electron chi connectivity index (χ0n) is 11.7. The Hall–Kier alpha value is -1.37. The molecule has 1 heterocycles. The van der Waals surface area contributed by atoms with Gasteiger partial charge in [0, 0.05) is 18.3 Å². The van der Waals surface area contributed by atoms with Gasteiger partial charge in [-0.3, -0.25) is 0 Å². The molecule has 0 bridgehead atoms. The van der Waals surface area contributed by atoms with E-state index in [1.807, 2.05) is 14.1 Å². The molecule has 1 aliphatic carbocycles. The first-order valence-electron chi connectivity index (χ1n) is 6.65. The molecule has 7 heteroatoms. The second-order valence-electron chi connectivity index (χ2n) is 5.44. The van der Waals surface area contributed by atoms with E-state index in [-0.39, 0.29) is 11.5 Å². The highest BCUT2D eigenvalue weighted by atomic mass is 19.4. The first-order valence-corrected chi connectivity index (χ1v) is 6.65. The summed E-state index contributed by atoms with van der Waals surface area (Å²) in [6.07, 6.45) is 1.05. The normalized spacial score (nSPS) is 18.5. The van der Waals surface area contributed by atoms with E-state index < -0.39 is 11.9 Å². The van der Waals surface area contributed by atoms with Crippen molar-refractivity contribution in [1.82, 2.24) is 14.9 Å². The van der Waals surface area contributed by atoms with Gasteiger partial charge in [-0.15, -0.1) is 0 Å². The van der Waals surface area contributed by atoms with E-state index in [9.17, 15) is 13.2 Å². The number of aromatic nitrogens is 2. The number of rotatable bonds is 4. The van der Waals surface area contributed by atoms with Gasteiger partial charge >= 0.3 is 6.18 Å². The van der Waals surface area contributed by atoms with Crippen molar-refractivity contribution in [2.24, 2.45) is 0 Å². The molecule has 0 radical (unpaired) electrons. The van der Waals surface area contributed by atoms with Crippen molar-refractivity contribution in [1.29, 1.82) is 0 Å². The lowest BCUT2D eigenvalue weighted by Gasteiger charge is -2.36. The molecule has 1 fully saturated rings. The molecule has 1 aromatic heterocycles. The van der Waals surface area contributed by atoms with Crippen LogP contribution in [-0.2, 0) is 6.18 Å². The molecule has 0 aliphatic heterocycles. The Morgan fingerprint density at radius 1 is 1.30 bits per heavy atom. The summed E-state index contributed by atoms with van der Waals surface area (Å²) in [5.41, 5.74) is -0.933. The van der Waals surface area contributed by atoms with E-state index in [0.29, 0.717) is 6.54 Å². The smallest absolute Gasteiger partial charge is 0.352 e. The fourth-order valence-corrected chi connectivity index (χ4v) is 2.66. The van der Waals surface area contributed by atoms with Crippen molar-refractivity contribution in [2.45, 2.75) is 37.4 Å². The second kappa shape index (κ2) is 5.55. The number of likely N-dealkylation sites (N-methyl/N-ethyl adjacent to an activating group) is 1. The highest BCUT2D eigenvalue weighted by molar-refractivity contribution is 5.27. The molecular weight excluding hydrogens is 269 g/mol. The van der Waals surface area contributed by atoms with E-state index >= 15 is 0 Å². The van der Waals surface area contributed by atoms with Crippen LogP contribution in [0.1, 0.15) is 31.4 Å². The molecule has 0 saturated heterocycles. The molecule has 112 valence electrons. The molecule has 0 atom stereocenters.